The predicted octanol–water partition coefficient (Wildman–Crippen LogP) is 4.21. The highest BCUT2D eigenvalue weighted by molar-refractivity contribution is 6.03. The first kappa shape index (κ1) is 16.1. The summed E-state index contributed by atoms with van der Waals surface area (Å²) in [6.45, 7) is 2.03. The number of methoxy groups -OCH3 is 1. The highest BCUT2D eigenvalue weighted by atomic mass is 16.5. The standard InChI is InChI=1S/C19H18O5/c1-12-18(19(20)21)15-10-14(8-9-16(15)23-12)24-17(11-22-2)13-6-4-3-5-7-13/h3-10,17H,11H2,1-2H3,(H,20,21). The topological polar surface area (TPSA) is 68.9 Å². The number of carbonyl (C=O) groups is 1. The van der Waals surface area contributed by atoms with E-state index in [0.29, 0.717) is 29.1 Å². The van der Waals surface area contributed by atoms with Gasteiger partial charge >= 0.3 is 5.97 Å². The fourth-order valence-electron chi connectivity index (χ4n) is 2.72. The SMILES string of the molecule is COCC(Oc1ccc2oc(C)c(C(=O)O)c2c1)c1ccccc1. The Bertz CT molecular complexity index is 851. The Labute approximate surface area is 139 Å². The summed E-state index contributed by atoms with van der Waals surface area (Å²) in [5, 5.41) is 9.90. The van der Waals surface area contributed by atoms with E-state index in [2.05, 4.69) is 0 Å². The van der Waals surface area contributed by atoms with Crippen LogP contribution >= 0.6 is 0 Å². The smallest absolute Gasteiger partial charge is 0.339 e. The fourth-order valence-corrected chi connectivity index (χ4v) is 2.72. The third kappa shape index (κ3) is 3.12. The molecule has 3 rings (SSSR count). The second-order valence-electron chi connectivity index (χ2n) is 5.47. The second-order valence-corrected chi connectivity index (χ2v) is 5.47. The van der Waals surface area contributed by atoms with E-state index in [1.165, 1.54) is 0 Å². The summed E-state index contributed by atoms with van der Waals surface area (Å²) in [5.41, 5.74) is 1.68. The van der Waals surface area contributed by atoms with Crippen LogP contribution in [0.4, 0.5) is 0 Å². The van der Waals surface area contributed by atoms with Crippen molar-refractivity contribution in [3.8, 4) is 5.75 Å². The second kappa shape index (κ2) is 6.76. The Morgan fingerprint density at radius 1 is 1.21 bits per heavy atom. The zero-order valence-electron chi connectivity index (χ0n) is 13.5. The van der Waals surface area contributed by atoms with Gasteiger partial charge < -0.3 is 19.0 Å². The fraction of sp³-hybridized carbons (Fsp3) is 0.211. The molecular formula is C19H18O5. The number of furan rings is 1. The van der Waals surface area contributed by atoms with E-state index in [-0.39, 0.29) is 11.7 Å². The van der Waals surface area contributed by atoms with Crippen molar-refractivity contribution in [2.75, 3.05) is 13.7 Å². The van der Waals surface area contributed by atoms with Crippen LogP contribution in [0.5, 0.6) is 5.75 Å². The minimum atomic E-state index is -1.01. The monoisotopic (exact) mass is 326 g/mol. The molecule has 1 aromatic heterocycles. The quantitative estimate of drug-likeness (QED) is 0.735. The lowest BCUT2D eigenvalue weighted by Crippen LogP contribution is -2.13. The van der Waals surface area contributed by atoms with Crippen molar-refractivity contribution in [3.05, 3.63) is 65.4 Å². The van der Waals surface area contributed by atoms with Crippen LogP contribution in [0.2, 0.25) is 0 Å². The molecule has 0 saturated carbocycles. The van der Waals surface area contributed by atoms with E-state index in [1.807, 2.05) is 30.3 Å². The third-order valence-electron chi connectivity index (χ3n) is 3.82. The number of carboxylic acid groups (broad SMARTS) is 1. The molecule has 0 bridgehead atoms. The van der Waals surface area contributed by atoms with Gasteiger partial charge in [0.05, 0.1) is 6.61 Å². The lowest BCUT2D eigenvalue weighted by atomic mass is 10.1. The van der Waals surface area contributed by atoms with Crippen LogP contribution in [0.25, 0.3) is 11.0 Å². The maximum atomic E-state index is 11.4. The molecule has 1 atom stereocenters. The number of fused-ring (bicyclic) bond motifs is 1. The van der Waals surface area contributed by atoms with E-state index in [0.717, 1.165) is 5.56 Å². The molecule has 0 amide bonds. The summed E-state index contributed by atoms with van der Waals surface area (Å²) >= 11 is 0. The largest absolute Gasteiger partial charge is 0.483 e. The van der Waals surface area contributed by atoms with E-state index >= 15 is 0 Å². The average Bonchev–Trinajstić information content (AvgIpc) is 2.90. The van der Waals surface area contributed by atoms with Gasteiger partial charge in [0.15, 0.2) is 0 Å². The Hall–Kier alpha value is -2.79. The number of carboxylic acids is 1. The van der Waals surface area contributed by atoms with Gasteiger partial charge in [-0.2, -0.15) is 0 Å². The number of ether oxygens (including phenoxy) is 2. The molecule has 0 spiro atoms. The summed E-state index contributed by atoms with van der Waals surface area (Å²) in [5.74, 6) is -0.0669. The van der Waals surface area contributed by atoms with Crippen molar-refractivity contribution in [2.45, 2.75) is 13.0 Å². The van der Waals surface area contributed by atoms with Crippen LogP contribution in [-0.2, 0) is 4.74 Å². The minimum Gasteiger partial charge on any atom is -0.483 e. The molecule has 0 aliphatic heterocycles. The minimum absolute atomic E-state index is 0.165. The maximum Gasteiger partial charge on any atom is 0.339 e. The summed E-state index contributed by atoms with van der Waals surface area (Å²) in [4.78, 5) is 11.4. The van der Waals surface area contributed by atoms with Crippen LogP contribution in [0, 0.1) is 6.92 Å². The van der Waals surface area contributed by atoms with Crippen LogP contribution in [-0.4, -0.2) is 24.8 Å². The van der Waals surface area contributed by atoms with Crippen molar-refractivity contribution in [2.24, 2.45) is 0 Å². The van der Waals surface area contributed by atoms with Crippen molar-refractivity contribution < 1.29 is 23.8 Å². The molecule has 1 N–H and O–H groups in total. The van der Waals surface area contributed by atoms with Crippen molar-refractivity contribution in [1.29, 1.82) is 0 Å². The Morgan fingerprint density at radius 3 is 2.62 bits per heavy atom. The first-order valence-corrected chi connectivity index (χ1v) is 7.57. The van der Waals surface area contributed by atoms with E-state index in [9.17, 15) is 9.90 Å². The Balaban J connectivity index is 1.96. The number of hydrogen-bond acceptors (Lipinski definition) is 4. The molecule has 0 aliphatic rings. The molecule has 124 valence electrons. The normalized spacial score (nSPS) is 12.2. The molecule has 1 heterocycles. The van der Waals surface area contributed by atoms with Gasteiger partial charge in [-0.05, 0) is 30.7 Å². The number of rotatable bonds is 6. The van der Waals surface area contributed by atoms with Gasteiger partial charge in [-0.1, -0.05) is 30.3 Å². The molecular weight excluding hydrogens is 308 g/mol. The van der Waals surface area contributed by atoms with E-state index in [1.54, 1.807) is 32.2 Å². The lowest BCUT2D eigenvalue weighted by molar-refractivity contribution is 0.0697. The van der Waals surface area contributed by atoms with Gasteiger partial charge in [0.2, 0.25) is 0 Å². The van der Waals surface area contributed by atoms with E-state index < -0.39 is 5.97 Å². The van der Waals surface area contributed by atoms with Gasteiger partial charge in [0.25, 0.3) is 0 Å². The predicted molar refractivity (Wildman–Crippen MR) is 89.6 cm³/mol. The van der Waals surface area contributed by atoms with Crippen molar-refractivity contribution in [1.82, 2.24) is 0 Å². The molecule has 5 heteroatoms. The van der Waals surface area contributed by atoms with Crippen LogP contribution in [0.15, 0.2) is 52.9 Å². The van der Waals surface area contributed by atoms with Crippen molar-refractivity contribution >= 4 is 16.9 Å². The molecule has 0 saturated heterocycles. The number of benzene rings is 2. The van der Waals surface area contributed by atoms with Crippen LogP contribution in [0.1, 0.15) is 27.8 Å². The molecule has 2 aromatic carbocycles. The molecule has 0 aliphatic carbocycles. The highest BCUT2D eigenvalue weighted by Gasteiger charge is 2.19. The molecule has 0 fully saturated rings. The molecule has 24 heavy (non-hydrogen) atoms. The van der Waals surface area contributed by atoms with Gasteiger partial charge in [-0.15, -0.1) is 0 Å². The van der Waals surface area contributed by atoms with Gasteiger partial charge in [0, 0.05) is 12.5 Å². The first-order chi connectivity index (χ1) is 11.6. The summed E-state index contributed by atoms with van der Waals surface area (Å²) in [7, 11) is 1.62. The Morgan fingerprint density at radius 2 is 1.96 bits per heavy atom. The van der Waals surface area contributed by atoms with Crippen molar-refractivity contribution in [3.63, 3.8) is 0 Å². The van der Waals surface area contributed by atoms with E-state index in [4.69, 9.17) is 13.9 Å². The summed E-state index contributed by atoms with van der Waals surface area (Å²) < 4.78 is 16.8. The van der Waals surface area contributed by atoms with Gasteiger partial charge in [-0.3, -0.25) is 0 Å². The molecule has 3 aromatic rings. The molecule has 5 nitrogen and oxygen atoms in total. The third-order valence-corrected chi connectivity index (χ3v) is 3.82. The zero-order valence-corrected chi connectivity index (χ0v) is 13.5. The average molecular weight is 326 g/mol. The summed E-state index contributed by atoms with van der Waals surface area (Å²) in [6.07, 6.45) is -0.282. The van der Waals surface area contributed by atoms with Gasteiger partial charge in [0.1, 0.15) is 28.8 Å². The molecule has 0 radical (unpaired) electrons. The van der Waals surface area contributed by atoms with Gasteiger partial charge in [-0.25, -0.2) is 4.79 Å². The first-order valence-electron chi connectivity index (χ1n) is 7.57. The maximum absolute atomic E-state index is 11.4. The lowest BCUT2D eigenvalue weighted by Gasteiger charge is -2.19. The van der Waals surface area contributed by atoms with Crippen LogP contribution < -0.4 is 4.74 Å². The number of aromatic carboxylic acids is 1. The van der Waals surface area contributed by atoms with Crippen LogP contribution in [0.3, 0.4) is 0 Å². The zero-order chi connectivity index (χ0) is 17.1. The molecule has 1 unspecified atom stereocenters. The number of hydrogen-bond donors (Lipinski definition) is 1. The summed E-state index contributed by atoms with van der Waals surface area (Å²) in [6, 6.07) is 14.9. The number of aryl methyl sites for hydroxylation is 1. The highest BCUT2D eigenvalue weighted by Crippen LogP contribution is 2.31. The Kier molecular flexibility index (Phi) is 4.53.